The first kappa shape index (κ1) is 15.2. The molecular weight excluding hydrogens is 318 g/mol. The third kappa shape index (κ3) is 4.13. The first-order chi connectivity index (χ1) is 11.2. The van der Waals surface area contributed by atoms with Crippen LogP contribution in [0, 0.1) is 0 Å². The van der Waals surface area contributed by atoms with Crippen LogP contribution in [0.3, 0.4) is 0 Å². The van der Waals surface area contributed by atoms with Gasteiger partial charge in [-0.25, -0.2) is 9.78 Å². The van der Waals surface area contributed by atoms with E-state index >= 15 is 0 Å². The molecule has 3 rings (SSSR count). The van der Waals surface area contributed by atoms with E-state index < -0.39 is 5.97 Å². The summed E-state index contributed by atoms with van der Waals surface area (Å²) in [6, 6.07) is 12.5. The summed E-state index contributed by atoms with van der Waals surface area (Å²) in [4.78, 5) is 15.0. The first-order valence-electron chi connectivity index (χ1n) is 6.74. The molecule has 3 aromatic rings. The van der Waals surface area contributed by atoms with Gasteiger partial charge in [-0.15, -0.1) is 5.10 Å². The van der Waals surface area contributed by atoms with E-state index in [4.69, 9.17) is 14.3 Å². The molecule has 0 aliphatic carbocycles. The van der Waals surface area contributed by atoms with Crippen molar-refractivity contribution in [2.75, 3.05) is 0 Å². The van der Waals surface area contributed by atoms with Crippen LogP contribution >= 0.6 is 11.8 Å². The number of carboxylic acids is 1. The second-order valence-corrected chi connectivity index (χ2v) is 5.47. The molecule has 118 valence electrons. The Morgan fingerprint density at radius 1 is 1.26 bits per heavy atom. The number of para-hydroxylation sites is 1. The number of benzene rings is 1. The van der Waals surface area contributed by atoms with Crippen LogP contribution in [0.2, 0.25) is 0 Å². The molecule has 0 saturated carbocycles. The zero-order chi connectivity index (χ0) is 16.1. The van der Waals surface area contributed by atoms with Crippen LogP contribution in [0.4, 0.5) is 0 Å². The zero-order valence-electron chi connectivity index (χ0n) is 11.9. The number of hydrogen-bond donors (Lipinski definition) is 2. The van der Waals surface area contributed by atoms with Crippen LogP contribution in [-0.4, -0.2) is 26.3 Å². The molecule has 2 heterocycles. The van der Waals surface area contributed by atoms with E-state index in [-0.39, 0.29) is 5.76 Å². The minimum Gasteiger partial charge on any atom is -0.486 e. The highest BCUT2D eigenvalue weighted by Crippen LogP contribution is 2.21. The molecule has 0 amide bonds. The lowest BCUT2D eigenvalue weighted by Gasteiger charge is -2.02. The highest BCUT2D eigenvalue weighted by atomic mass is 32.2. The third-order valence-corrected chi connectivity index (χ3v) is 3.72. The van der Waals surface area contributed by atoms with Crippen LogP contribution in [0.15, 0.2) is 52.0 Å². The number of ether oxygens (including phenoxy) is 1. The predicted octanol–water partition coefficient (Wildman–Crippen LogP) is 2.97. The van der Waals surface area contributed by atoms with Gasteiger partial charge >= 0.3 is 5.97 Å². The Kier molecular flexibility index (Phi) is 4.62. The van der Waals surface area contributed by atoms with E-state index in [1.165, 1.54) is 17.8 Å². The Bertz CT molecular complexity index is 785. The number of thioether (sulfide) groups is 1. The summed E-state index contributed by atoms with van der Waals surface area (Å²) in [7, 11) is 0. The number of nitrogens with one attached hydrogen (secondary N) is 1. The Hall–Kier alpha value is -2.74. The SMILES string of the molecule is O=C(O)c1ccc(CSc2n[nH]c(COc3ccccc3)n2)o1. The molecule has 0 unspecified atom stereocenters. The van der Waals surface area contributed by atoms with Gasteiger partial charge in [0, 0.05) is 0 Å². The molecule has 0 saturated heterocycles. The zero-order valence-corrected chi connectivity index (χ0v) is 12.7. The van der Waals surface area contributed by atoms with E-state index in [0.29, 0.717) is 29.1 Å². The van der Waals surface area contributed by atoms with Gasteiger partial charge in [-0.2, -0.15) is 0 Å². The van der Waals surface area contributed by atoms with Crippen molar-refractivity contribution in [3.8, 4) is 5.75 Å². The number of H-pyrrole nitrogens is 1. The minimum atomic E-state index is -1.08. The summed E-state index contributed by atoms with van der Waals surface area (Å²) >= 11 is 1.35. The number of aromatic carboxylic acids is 1. The maximum atomic E-state index is 10.7. The van der Waals surface area contributed by atoms with Gasteiger partial charge in [-0.1, -0.05) is 30.0 Å². The standard InChI is InChI=1S/C15H13N3O4S/c19-14(20)12-7-6-11(22-12)9-23-15-16-13(17-18-15)8-21-10-4-2-1-3-5-10/h1-7H,8-9H2,(H,19,20)(H,16,17,18). The van der Waals surface area contributed by atoms with Crippen LogP contribution in [0.1, 0.15) is 22.1 Å². The molecule has 2 N–H and O–H groups in total. The van der Waals surface area contributed by atoms with E-state index in [2.05, 4.69) is 15.2 Å². The first-order valence-corrected chi connectivity index (χ1v) is 7.73. The van der Waals surface area contributed by atoms with Gasteiger partial charge in [0.05, 0.1) is 5.75 Å². The van der Waals surface area contributed by atoms with Crippen molar-refractivity contribution in [2.45, 2.75) is 17.5 Å². The number of carbonyl (C=O) groups is 1. The van der Waals surface area contributed by atoms with Gasteiger partial charge in [0.25, 0.3) is 0 Å². The molecule has 0 radical (unpaired) electrons. The smallest absolute Gasteiger partial charge is 0.371 e. The van der Waals surface area contributed by atoms with E-state index in [1.807, 2.05) is 30.3 Å². The molecule has 8 heteroatoms. The van der Waals surface area contributed by atoms with E-state index in [1.54, 1.807) is 6.07 Å². The fourth-order valence-electron chi connectivity index (χ4n) is 1.78. The fraction of sp³-hybridized carbons (Fsp3) is 0.133. The molecule has 0 fully saturated rings. The number of rotatable bonds is 7. The average molecular weight is 331 g/mol. The summed E-state index contributed by atoms with van der Waals surface area (Å²) in [5, 5.41) is 16.2. The van der Waals surface area contributed by atoms with Gasteiger partial charge in [0.1, 0.15) is 18.1 Å². The molecule has 2 aromatic heterocycles. The van der Waals surface area contributed by atoms with Crippen LogP contribution in [-0.2, 0) is 12.4 Å². The largest absolute Gasteiger partial charge is 0.486 e. The van der Waals surface area contributed by atoms with Crippen molar-refractivity contribution in [3.05, 3.63) is 59.8 Å². The number of hydrogen-bond acceptors (Lipinski definition) is 6. The van der Waals surface area contributed by atoms with Crippen LogP contribution < -0.4 is 4.74 Å². The van der Waals surface area contributed by atoms with Gasteiger partial charge in [-0.3, -0.25) is 5.10 Å². The molecule has 0 spiro atoms. The number of nitrogens with zero attached hydrogens (tertiary/aromatic N) is 2. The Morgan fingerprint density at radius 2 is 2.09 bits per heavy atom. The molecule has 0 aliphatic rings. The molecule has 0 atom stereocenters. The quantitative estimate of drug-likeness (QED) is 0.642. The lowest BCUT2D eigenvalue weighted by atomic mass is 10.3. The predicted molar refractivity (Wildman–Crippen MR) is 82.4 cm³/mol. The second-order valence-electron chi connectivity index (χ2n) is 4.53. The van der Waals surface area contributed by atoms with Crippen molar-refractivity contribution in [2.24, 2.45) is 0 Å². The van der Waals surface area contributed by atoms with Crippen molar-refractivity contribution in [1.82, 2.24) is 15.2 Å². The van der Waals surface area contributed by atoms with Crippen LogP contribution in [0.5, 0.6) is 5.75 Å². The van der Waals surface area contributed by atoms with E-state index in [9.17, 15) is 4.79 Å². The summed E-state index contributed by atoms with van der Waals surface area (Å²) in [6.45, 7) is 0.293. The third-order valence-electron chi connectivity index (χ3n) is 2.85. The second kappa shape index (κ2) is 7.01. The molecule has 7 nitrogen and oxygen atoms in total. The van der Waals surface area contributed by atoms with Crippen molar-refractivity contribution in [3.63, 3.8) is 0 Å². The van der Waals surface area contributed by atoms with E-state index in [0.717, 1.165) is 5.75 Å². The van der Waals surface area contributed by atoms with Gasteiger partial charge in [0.2, 0.25) is 10.9 Å². The van der Waals surface area contributed by atoms with Gasteiger partial charge < -0.3 is 14.3 Å². The summed E-state index contributed by atoms with van der Waals surface area (Å²) in [5.41, 5.74) is 0. The molecule has 0 aliphatic heterocycles. The number of carboxylic acid groups (broad SMARTS) is 1. The van der Waals surface area contributed by atoms with Crippen molar-refractivity contribution >= 4 is 17.7 Å². The molecule has 1 aromatic carbocycles. The lowest BCUT2D eigenvalue weighted by Crippen LogP contribution is -1.97. The van der Waals surface area contributed by atoms with Crippen molar-refractivity contribution in [1.29, 1.82) is 0 Å². The summed E-state index contributed by atoms with van der Waals surface area (Å²) in [6.07, 6.45) is 0. The van der Waals surface area contributed by atoms with Crippen LogP contribution in [0.25, 0.3) is 0 Å². The summed E-state index contributed by atoms with van der Waals surface area (Å²) < 4.78 is 10.7. The van der Waals surface area contributed by atoms with Gasteiger partial charge in [0.15, 0.2) is 5.82 Å². The molecular formula is C15H13N3O4S. The maximum absolute atomic E-state index is 10.7. The average Bonchev–Trinajstić information content (AvgIpc) is 3.21. The maximum Gasteiger partial charge on any atom is 0.371 e. The highest BCUT2D eigenvalue weighted by Gasteiger charge is 2.10. The number of aromatic nitrogens is 3. The Morgan fingerprint density at radius 3 is 2.83 bits per heavy atom. The summed E-state index contributed by atoms with van der Waals surface area (Å²) in [5.74, 6) is 1.22. The molecule has 0 bridgehead atoms. The Labute approximate surface area is 135 Å². The normalized spacial score (nSPS) is 10.6. The number of furan rings is 1. The number of aromatic amines is 1. The van der Waals surface area contributed by atoms with Gasteiger partial charge in [-0.05, 0) is 24.3 Å². The molecule has 23 heavy (non-hydrogen) atoms. The Balaban J connectivity index is 1.51. The monoisotopic (exact) mass is 331 g/mol. The van der Waals surface area contributed by atoms with Crippen molar-refractivity contribution < 1.29 is 19.1 Å². The topological polar surface area (TPSA) is 101 Å². The fourth-order valence-corrected chi connectivity index (χ4v) is 2.49. The minimum absolute atomic E-state index is 0.0764. The lowest BCUT2D eigenvalue weighted by molar-refractivity contribution is 0.0661. The highest BCUT2D eigenvalue weighted by molar-refractivity contribution is 7.98.